The van der Waals surface area contributed by atoms with Gasteiger partial charge in [-0.05, 0) is 13.0 Å². The molecule has 0 amide bonds. The molecule has 0 radical (unpaired) electrons. The van der Waals surface area contributed by atoms with Crippen LogP contribution in [0.1, 0.15) is 5.56 Å². The van der Waals surface area contributed by atoms with Crippen LogP contribution in [0.15, 0.2) is 47.1 Å². The fourth-order valence-corrected chi connectivity index (χ4v) is 1.71. The first-order valence-corrected chi connectivity index (χ1v) is 5.10. The number of hydrogen-bond acceptors (Lipinski definition) is 3. The Hall–Kier alpha value is -2.16. The van der Waals surface area contributed by atoms with Crippen molar-refractivity contribution in [1.82, 2.24) is 9.97 Å². The molecule has 2 heterocycles. The normalized spacial score (nSPS) is 10.8. The van der Waals surface area contributed by atoms with Crippen molar-refractivity contribution < 1.29 is 4.42 Å². The maximum absolute atomic E-state index is 5.64. The third-order valence-corrected chi connectivity index (χ3v) is 2.47. The molecule has 0 aliphatic heterocycles. The summed E-state index contributed by atoms with van der Waals surface area (Å²) in [5.41, 5.74) is 3.64. The van der Waals surface area contributed by atoms with Gasteiger partial charge in [-0.1, -0.05) is 23.8 Å². The topological polar surface area (TPSA) is 38.9 Å². The van der Waals surface area contributed by atoms with Crippen molar-refractivity contribution in [1.29, 1.82) is 0 Å². The highest BCUT2D eigenvalue weighted by molar-refractivity contribution is 5.76. The van der Waals surface area contributed by atoms with E-state index < -0.39 is 0 Å². The Bertz CT molecular complexity index is 610. The molecule has 3 aromatic rings. The van der Waals surface area contributed by atoms with Gasteiger partial charge in [0.2, 0.25) is 5.71 Å². The molecule has 2 aromatic heterocycles. The Morgan fingerprint density at radius 2 is 1.94 bits per heavy atom. The molecule has 0 aliphatic carbocycles. The zero-order valence-electron chi connectivity index (χ0n) is 8.84. The molecule has 1 aromatic carbocycles. The Morgan fingerprint density at radius 3 is 2.75 bits per heavy atom. The van der Waals surface area contributed by atoms with E-state index in [9.17, 15) is 0 Å². The van der Waals surface area contributed by atoms with Gasteiger partial charge < -0.3 is 4.42 Å². The molecule has 16 heavy (non-hydrogen) atoms. The minimum Gasteiger partial charge on any atom is -0.436 e. The summed E-state index contributed by atoms with van der Waals surface area (Å²) in [4.78, 5) is 8.31. The summed E-state index contributed by atoms with van der Waals surface area (Å²) in [5.74, 6) is 0.810. The molecule has 0 fully saturated rings. The van der Waals surface area contributed by atoms with Gasteiger partial charge in [0.05, 0.1) is 0 Å². The van der Waals surface area contributed by atoms with Crippen LogP contribution in [0.4, 0.5) is 0 Å². The average Bonchev–Trinajstić information content (AvgIpc) is 2.72. The molecule has 0 saturated carbocycles. The number of hydrogen-bond donors (Lipinski definition) is 0. The fraction of sp³-hybridized carbons (Fsp3) is 0.0769. The summed E-state index contributed by atoms with van der Waals surface area (Å²) in [6.45, 7) is 2.06. The first-order chi connectivity index (χ1) is 7.83. The van der Waals surface area contributed by atoms with Gasteiger partial charge in [-0.15, -0.1) is 0 Å². The number of furan rings is 1. The Balaban J connectivity index is 2.19. The van der Waals surface area contributed by atoms with Gasteiger partial charge in [0.1, 0.15) is 11.3 Å². The van der Waals surface area contributed by atoms with Gasteiger partial charge in [0.25, 0.3) is 0 Å². The van der Waals surface area contributed by atoms with Crippen LogP contribution in [-0.2, 0) is 0 Å². The average molecular weight is 210 g/mol. The summed E-state index contributed by atoms with van der Waals surface area (Å²) < 4.78 is 5.64. The van der Waals surface area contributed by atoms with E-state index in [0.29, 0.717) is 5.71 Å². The predicted octanol–water partition coefficient (Wildman–Crippen LogP) is 3.20. The third kappa shape index (κ3) is 1.46. The number of aryl methyl sites for hydroxylation is 1. The van der Waals surface area contributed by atoms with Gasteiger partial charge in [0.15, 0.2) is 0 Å². The maximum atomic E-state index is 5.64. The second-order valence-electron chi connectivity index (χ2n) is 3.73. The highest BCUT2D eigenvalue weighted by Crippen LogP contribution is 2.25. The Labute approximate surface area is 92.8 Å². The lowest BCUT2D eigenvalue weighted by atomic mass is 10.1. The molecule has 78 valence electrons. The standard InChI is InChI=1S/C13H10N2O/c1-9-3-2-4-10(7-9)12-8-11-13(16-12)15-6-5-14-11/h2-8H,1H3. The van der Waals surface area contributed by atoms with Crippen LogP contribution in [0.25, 0.3) is 22.6 Å². The van der Waals surface area contributed by atoms with Crippen molar-refractivity contribution in [2.75, 3.05) is 0 Å². The van der Waals surface area contributed by atoms with Crippen molar-refractivity contribution in [2.24, 2.45) is 0 Å². The molecule has 0 bridgehead atoms. The predicted molar refractivity (Wildman–Crippen MR) is 62.0 cm³/mol. The molecule has 0 N–H and O–H groups in total. The number of aromatic nitrogens is 2. The third-order valence-electron chi connectivity index (χ3n) is 2.47. The van der Waals surface area contributed by atoms with E-state index >= 15 is 0 Å². The Morgan fingerprint density at radius 1 is 1.06 bits per heavy atom. The first-order valence-electron chi connectivity index (χ1n) is 5.10. The lowest BCUT2D eigenvalue weighted by Gasteiger charge is -1.96. The van der Waals surface area contributed by atoms with Crippen LogP contribution in [0, 0.1) is 6.92 Å². The SMILES string of the molecule is Cc1cccc(-c2cc3nccnc3o2)c1. The molecule has 3 heteroatoms. The van der Waals surface area contributed by atoms with E-state index in [1.807, 2.05) is 18.2 Å². The van der Waals surface area contributed by atoms with Gasteiger partial charge in [-0.2, -0.15) is 0 Å². The largest absolute Gasteiger partial charge is 0.436 e. The van der Waals surface area contributed by atoms with Crippen LogP contribution < -0.4 is 0 Å². The minimum atomic E-state index is 0.582. The zero-order valence-corrected chi connectivity index (χ0v) is 8.84. The number of fused-ring (bicyclic) bond motifs is 1. The highest BCUT2D eigenvalue weighted by Gasteiger charge is 2.07. The van der Waals surface area contributed by atoms with E-state index in [4.69, 9.17) is 4.42 Å². The summed E-state index contributed by atoms with van der Waals surface area (Å²) in [5, 5.41) is 0. The summed E-state index contributed by atoms with van der Waals surface area (Å²) >= 11 is 0. The quantitative estimate of drug-likeness (QED) is 0.619. The molecule has 0 spiro atoms. The van der Waals surface area contributed by atoms with Gasteiger partial charge in [-0.25, -0.2) is 9.97 Å². The second kappa shape index (κ2) is 3.45. The lowest BCUT2D eigenvalue weighted by Crippen LogP contribution is -1.75. The summed E-state index contributed by atoms with van der Waals surface area (Å²) in [6.07, 6.45) is 3.30. The van der Waals surface area contributed by atoms with E-state index in [0.717, 1.165) is 16.8 Å². The van der Waals surface area contributed by atoms with Crippen LogP contribution in [0.3, 0.4) is 0 Å². The highest BCUT2D eigenvalue weighted by atomic mass is 16.3. The smallest absolute Gasteiger partial charge is 0.245 e. The molecule has 0 saturated heterocycles. The number of benzene rings is 1. The molecule has 0 unspecified atom stereocenters. The van der Waals surface area contributed by atoms with Crippen molar-refractivity contribution >= 4 is 11.2 Å². The molecule has 0 atom stereocenters. The minimum absolute atomic E-state index is 0.582. The lowest BCUT2D eigenvalue weighted by molar-refractivity contribution is 0.617. The molecule has 0 aliphatic rings. The number of rotatable bonds is 1. The molecule has 3 rings (SSSR count). The van der Waals surface area contributed by atoms with Gasteiger partial charge in [0, 0.05) is 24.0 Å². The summed E-state index contributed by atoms with van der Waals surface area (Å²) in [6, 6.07) is 10.1. The van der Waals surface area contributed by atoms with Gasteiger partial charge in [-0.3, -0.25) is 0 Å². The van der Waals surface area contributed by atoms with Gasteiger partial charge >= 0.3 is 0 Å². The number of nitrogens with zero attached hydrogens (tertiary/aromatic N) is 2. The summed E-state index contributed by atoms with van der Waals surface area (Å²) in [7, 11) is 0. The van der Waals surface area contributed by atoms with Crippen molar-refractivity contribution in [2.45, 2.75) is 6.92 Å². The second-order valence-corrected chi connectivity index (χ2v) is 3.73. The first kappa shape index (κ1) is 9.09. The monoisotopic (exact) mass is 210 g/mol. The Kier molecular flexibility index (Phi) is 1.96. The zero-order chi connectivity index (χ0) is 11.0. The van der Waals surface area contributed by atoms with Crippen molar-refractivity contribution in [3.63, 3.8) is 0 Å². The fourth-order valence-electron chi connectivity index (χ4n) is 1.71. The van der Waals surface area contributed by atoms with Crippen molar-refractivity contribution in [3.8, 4) is 11.3 Å². The van der Waals surface area contributed by atoms with E-state index in [2.05, 4.69) is 29.0 Å². The van der Waals surface area contributed by atoms with E-state index in [1.54, 1.807) is 12.4 Å². The van der Waals surface area contributed by atoms with Crippen LogP contribution in [0.5, 0.6) is 0 Å². The van der Waals surface area contributed by atoms with E-state index in [-0.39, 0.29) is 0 Å². The molecule has 3 nitrogen and oxygen atoms in total. The maximum Gasteiger partial charge on any atom is 0.245 e. The molecular weight excluding hydrogens is 200 g/mol. The van der Waals surface area contributed by atoms with Crippen LogP contribution in [-0.4, -0.2) is 9.97 Å². The van der Waals surface area contributed by atoms with Crippen LogP contribution in [0.2, 0.25) is 0 Å². The molecular formula is C13H10N2O. The van der Waals surface area contributed by atoms with Crippen molar-refractivity contribution in [3.05, 3.63) is 48.3 Å². The van der Waals surface area contributed by atoms with Crippen LogP contribution >= 0.6 is 0 Å². The van der Waals surface area contributed by atoms with E-state index in [1.165, 1.54) is 5.56 Å².